The van der Waals surface area contributed by atoms with Gasteiger partial charge in [0.25, 0.3) is 0 Å². The Morgan fingerprint density at radius 3 is 2.58 bits per heavy atom. The SMILES string of the molecule is CCC(CNC(=O)NC1CCC(C)(C)C1)CC(=O)O. The van der Waals surface area contributed by atoms with E-state index in [-0.39, 0.29) is 24.4 Å². The van der Waals surface area contributed by atoms with E-state index in [1.165, 1.54) is 0 Å². The van der Waals surface area contributed by atoms with Crippen LogP contribution in [0.25, 0.3) is 0 Å². The standard InChI is InChI=1S/C14H26N2O3/c1-4-10(7-12(17)18)9-15-13(19)16-11-5-6-14(2,3)8-11/h10-11H,4-9H2,1-3H3,(H,17,18)(H2,15,16,19). The predicted octanol–water partition coefficient (Wildman–Crippen LogP) is 2.37. The Labute approximate surface area is 115 Å². The molecule has 110 valence electrons. The summed E-state index contributed by atoms with van der Waals surface area (Å²) in [6, 6.07) is 0.0705. The van der Waals surface area contributed by atoms with E-state index in [1.807, 2.05) is 6.92 Å². The minimum Gasteiger partial charge on any atom is -0.481 e. The molecule has 0 aromatic carbocycles. The fourth-order valence-electron chi connectivity index (χ4n) is 2.64. The number of carboxylic acid groups (broad SMARTS) is 1. The third-order valence-corrected chi connectivity index (χ3v) is 3.90. The first-order chi connectivity index (χ1) is 8.82. The number of hydrogen-bond donors (Lipinski definition) is 3. The predicted molar refractivity (Wildman–Crippen MR) is 74.0 cm³/mol. The summed E-state index contributed by atoms with van der Waals surface area (Å²) >= 11 is 0. The highest BCUT2D eigenvalue weighted by Crippen LogP contribution is 2.36. The van der Waals surface area contributed by atoms with Crippen molar-refractivity contribution in [2.24, 2.45) is 11.3 Å². The maximum Gasteiger partial charge on any atom is 0.315 e. The quantitative estimate of drug-likeness (QED) is 0.693. The molecule has 2 atom stereocenters. The zero-order chi connectivity index (χ0) is 14.5. The van der Waals surface area contributed by atoms with E-state index in [2.05, 4.69) is 24.5 Å². The van der Waals surface area contributed by atoms with Crippen LogP contribution in [0, 0.1) is 11.3 Å². The number of carbonyl (C=O) groups is 2. The van der Waals surface area contributed by atoms with Gasteiger partial charge in [0.15, 0.2) is 0 Å². The van der Waals surface area contributed by atoms with Crippen molar-refractivity contribution in [1.29, 1.82) is 0 Å². The van der Waals surface area contributed by atoms with E-state index < -0.39 is 5.97 Å². The molecule has 0 heterocycles. The fourth-order valence-corrected chi connectivity index (χ4v) is 2.64. The van der Waals surface area contributed by atoms with E-state index in [9.17, 15) is 9.59 Å². The molecule has 0 spiro atoms. The van der Waals surface area contributed by atoms with Crippen molar-refractivity contribution in [2.45, 2.75) is 58.9 Å². The normalized spacial score (nSPS) is 22.8. The zero-order valence-corrected chi connectivity index (χ0v) is 12.2. The van der Waals surface area contributed by atoms with Crippen LogP contribution in [0.5, 0.6) is 0 Å². The molecule has 5 heteroatoms. The highest BCUT2D eigenvalue weighted by atomic mass is 16.4. The largest absolute Gasteiger partial charge is 0.481 e. The number of carboxylic acids is 1. The van der Waals surface area contributed by atoms with Gasteiger partial charge in [0.2, 0.25) is 0 Å². The number of urea groups is 1. The number of nitrogens with one attached hydrogen (secondary N) is 2. The molecule has 1 aliphatic carbocycles. The smallest absolute Gasteiger partial charge is 0.315 e. The molecule has 0 aliphatic heterocycles. The van der Waals surface area contributed by atoms with Crippen LogP contribution < -0.4 is 10.6 Å². The van der Waals surface area contributed by atoms with Crippen LogP contribution in [0.1, 0.15) is 52.9 Å². The Morgan fingerprint density at radius 1 is 1.42 bits per heavy atom. The van der Waals surface area contributed by atoms with Crippen molar-refractivity contribution < 1.29 is 14.7 Å². The third kappa shape index (κ3) is 5.94. The van der Waals surface area contributed by atoms with Crippen molar-refractivity contribution in [2.75, 3.05) is 6.54 Å². The molecule has 0 aromatic rings. The summed E-state index contributed by atoms with van der Waals surface area (Å²) in [5.74, 6) is -0.810. The number of aliphatic carboxylic acids is 1. The molecule has 5 nitrogen and oxygen atoms in total. The molecule has 0 aromatic heterocycles. The summed E-state index contributed by atoms with van der Waals surface area (Å²) in [4.78, 5) is 22.4. The molecule has 0 saturated heterocycles. The van der Waals surface area contributed by atoms with Gasteiger partial charge in [0, 0.05) is 19.0 Å². The van der Waals surface area contributed by atoms with Gasteiger partial charge in [-0.1, -0.05) is 27.2 Å². The molecule has 1 aliphatic rings. The molecule has 2 amide bonds. The van der Waals surface area contributed by atoms with Crippen molar-refractivity contribution in [3.8, 4) is 0 Å². The molecule has 1 fully saturated rings. The lowest BCUT2D eigenvalue weighted by atomic mass is 9.92. The summed E-state index contributed by atoms with van der Waals surface area (Å²) in [6.45, 7) is 6.79. The van der Waals surface area contributed by atoms with Crippen LogP contribution in [-0.4, -0.2) is 29.7 Å². The van der Waals surface area contributed by atoms with Gasteiger partial charge in [-0.2, -0.15) is 0 Å². The lowest BCUT2D eigenvalue weighted by Gasteiger charge is -2.19. The van der Waals surface area contributed by atoms with Crippen molar-refractivity contribution in [3.63, 3.8) is 0 Å². The summed E-state index contributed by atoms with van der Waals surface area (Å²) in [5, 5.41) is 14.5. The minimum atomic E-state index is -0.813. The van der Waals surface area contributed by atoms with Gasteiger partial charge >= 0.3 is 12.0 Å². The number of rotatable bonds is 6. The van der Waals surface area contributed by atoms with Crippen molar-refractivity contribution in [1.82, 2.24) is 10.6 Å². The van der Waals surface area contributed by atoms with E-state index >= 15 is 0 Å². The molecule has 3 N–H and O–H groups in total. The van der Waals surface area contributed by atoms with Gasteiger partial charge in [-0.05, 0) is 30.6 Å². The summed E-state index contributed by atoms with van der Waals surface area (Å²) in [5.41, 5.74) is 0.313. The van der Waals surface area contributed by atoms with Crippen LogP contribution in [0.3, 0.4) is 0 Å². The van der Waals surface area contributed by atoms with Crippen LogP contribution in [0.2, 0.25) is 0 Å². The second-order valence-electron chi connectivity index (χ2n) is 6.33. The van der Waals surface area contributed by atoms with Gasteiger partial charge in [-0.3, -0.25) is 4.79 Å². The summed E-state index contributed by atoms with van der Waals surface area (Å²) in [6.07, 6.45) is 4.02. The maximum absolute atomic E-state index is 11.7. The topological polar surface area (TPSA) is 78.4 Å². The van der Waals surface area contributed by atoms with E-state index in [0.717, 1.165) is 25.7 Å². The Balaban J connectivity index is 2.26. The van der Waals surface area contributed by atoms with E-state index in [0.29, 0.717) is 12.0 Å². The van der Waals surface area contributed by atoms with Crippen LogP contribution >= 0.6 is 0 Å². The molecule has 1 saturated carbocycles. The molecule has 2 unspecified atom stereocenters. The molecule has 19 heavy (non-hydrogen) atoms. The number of hydrogen-bond acceptors (Lipinski definition) is 2. The Hall–Kier alpha value is -1.26. The molecule has 0 radical (unpaired) electrons. The van der Waals surface area contributed by atoms with Crippen molar-refractivity contribution in [3.05, 3.63) is 0 Å². The monoisotopic (exact) mass is 270 g/mol. The van der Waals surface area contributed by atoms with Crippen LogP contribution in [-0.2, 0) is 4.79 Å². The average Bonchev–Trinajstić information content (AvgIpc) is 2.63. The van der Waals surface area contributed by atoms with E-state index in [1.54, 1.807) is 0 Å². The van der Waals surface area contributed by atoms with Gasteiger partial charge in [0.1, 0.15) is 0 Å². The first-order valence-corrected chi connectivity index (χ1v) is 7.08. The summed E-state index contributed by atoms with van der Waals surface area (Å²) < 4.78 is 0. The summed E-state index contributed by atoms with van der Waals surface area (Å²) in [7, 11) is 0. The maximum atomic E-state index is 11.7. The number of carbonyl (C=O) groups excluding carboxylic acids is 1. The molecule has 1 rings (SSSR count). The fraction of sp³-hybridized carbons (Fsp3) is 0.857. The van der Waals surface area contributed by atoms with Gasteiger partial charge in [-0.15, -0.1) is 0 Å². The lowest BCUT2D eigenvalue weighted by molar-refractivity contribution is -0.138. The number of amides is 2. The third-order valence-electron chi connectivity index (χ3n) is 3.90. The lowest BCUT2D eigenvalue weighted by Crippen LogP contribution is -2.43. The highest BCUT2D eigenvalue weighted by molar-refractivity contribution is 5.74. The minimum absolute atomic E-state index is 0.00303. The first-order valence-electron chi connectivity index (χ1n) is 7.08. The van der Waals surface area contributed by atoms with Crippen LogP contribution in [0.15, 0.2) is 0 Å². The van der Waals surface area contributed by atoms with Crippen molar-refractivity contribution >= 4 is 12.0 Å². The zero-order valence-electron chi connectivity index (χ0n) is 12.2. The molecule has 0 bridgehead atoms. The Kier molecular flexibility index (Phi) is 5.63. The van der Waals surface area contributed by atoms with Gasteiger partial charge in [-0.25, -0.2) is 4.79 Å². The van der Waals surface area contributed by atoms with Gasteiger partial charge < -0.3 is 15.7 Å². The first kappa shape index (κ1) is 15.8. The van der Waals surface area contributed by atoms with E-state index in [4.69, 9.17) is 5.11 Å². The Morgan fingerprint density at radius 2 is 2.11 bits per heavy atom. The average molecular weight is 270 g/mol. The molecular weight excluding hydrogens is 244 g/mol. The highest BCUT2D eigenvalue weighted by Gasteiger charge is 2.31. The second kappa shape index (κ2) is 6.78. The second-order valence-corrected chi connectivity index (χ2v) is 6.33. The molecular formula is C14H26N2O3. The van der Waals surface area contributed by atoms with Crippen LogP contribution in [0.4, 0.5) is 4.79 Å². The van der Waals surface area contributed by atoms with Gasteiger partial charge in [0.05, 0.1) is 0 Å². The Bertz CT molecular complexity index is 329.